The lowest BCUT2D eigenvalue weighted by Gasteiger charge is -2.17. The Morgan fingerprint density at radius 3 is 2.56 bits per heavy atom. The maximum atomic E-state index is 12.2. The van der Waals surface area contributed by atoms with Crippen molar-refractivity contribution in [3.8, 4) is 22.8 Å². The lowest BCUT2D eigenvalue weighted by atomic mass is 10.1. The largest absolute Gasteiger partial charge is 0.465 e. The summed E-state index contributed by atoms with van der Waals surface area (Å²) in [5, 5.41) is 0. The summed E-state index contributed by atoms with van der Waals surface area (Å²) >= 11 is 0. The summed E-state index contributed by atoms with van der Waals surface area (Å²) in [5.41, 5.74) is 4.08. The number of benzene rings is 2. The van der Waals surface area contributed by atoms with Crippen LogP contribution in [0.1, 0.15) is 48.5 Å². The molecule has 0 unspecified atom stereocenters. The van der Waals surface area contributed by atoms with E-state index < -0.39 is 11.8 Å². The van der Waals surface area contributed by atoms with E-state index in [1.54, 1.807) is 12.1 Å². The van der Waals surface area contributed by atoms with Gasteiger partial charge in [0.25, 0.3) is 0 Å². The van der Waals surface area contributed by atoms with Crippen LogP contribution in [0.15, 0.2) is 60.7 Å². The molecule has 2 heterocycles. The van der Waals surface area contributed by atoms with Crippen molar-refractivity contribution in [3.63, 3.8) is 0 Å². The number of hydrogen-bond donors (Lipinski definition) is 0. The topological polar surface area (TPSA) is 66.9 Å². The van der Waals surface area contributed by atoms with Crippen LogP contribution in [0.5, 0.6) is 11.5 Å². The quantitative estimate of drug-likeness (QED) is 0.464. The van der Waals surface area contributed by atoms with Gasteiger partial charge in [-0.3, -0.25) is 0 Å². The van der Waals surface area contributed by atoms with Gasteiger partial charge in [-0.05, 0) is 74.4 Å². The van der Waals surface area contributed by atoms with E-state index in [1.807, 2.05) is 69.3 Å². The fraction of sp³-hybridized carbons (Fsp3) is 0.308. The predicted molar refractivity (Wildman–Crippen MR) is 121 cm³/mol. The highest BCUT2D eigenvalue weighted by Crippen LogP contribution is 2.33. The Labute approximate surface area is 188 Å². The highest BCUT2D eigenvalue weighted by atomic mass is 16.7. The Morgan fingerprint density at radius 1 is 1.12 bits per heavy atom. The lowest BCUT2D eigenvalue weighted by Crippen LogP contribution is -2.19. The van der Waals surface area contributed by atoms with Crippen molar-refractivity contribution in [3.05, 3.63) is 77.5 Å². The molecule has 32 heavy (non-hydrogen) atoms. The van der Waals surface area contributed by atoms with Crippen molar-refractivity contribution in [2.24, 2.45) is 0 Å². The first-order valence-corrected chi connectivity index (χ1v) is 10.7. The van der Waals surface area contributed by atoms with Gasteiger partial charge in [0.1, 0.15) is 23.2 Å². The molecule has 0 saturated carbocycles. The van der Waals surface area contributed by atoms with Gasteiger partial charge in [-0.25, -0.2) is 9.78 Å². The first-order chi connectivity index (χ1) is 15.4. The second-order valence-corrected chi connectivity index (χ2v) is 8.07. The molecule has 0 bridgehead atoms. The fourth-order valence-corrected chi connectivity index (χ4v) is 3.60. The number of nitrogens with zero attached hydrogens (tertiary/aromatic N) is 1. The SMILES string of the molecule is CCc1ccc(Oc2ccc(-c3cccc([C@H]4COC(C)(C)O4)n3)cc2)c(C(=O)OC)c1. The minimum Gasteiger partial charge on any atom is -0.465 e. The predicted octanol–water partition coefficient (Wildman–Crippen LogP) is 5.71. The average molecular weight is 434 g/mol. The molecule has 3 aromatic rings. The number of pyridine rings is 1. The lowest BCUT2D eigenvalue weighted by molar-refractivity contribution is -0.139. The Hall–Kier alpha value is -3.22. The maximum absolute atomic E-state index is 12.2. The van der Waals surface area contributed by atoms with Gasteiger partial charge in [-0.15, -0.1) is 0 Å². The van der Waals surface area contributed by atoms with E-state index >= 15 is 0 Å². The molecule has 2 aromatic carbocycles. The van der Waals surface area contributed by atoms with Gasteiger partial charge in [-0.2, -0.15) is 0 Å². The van der Waals surface area contributed by atoms with Crippen LogP contribution in [-0.2, 0) is 20.6 Å². The third-order valence-corrected chi connectivity index (χ3v) is 5.34. The summed E-state index contributed by atoms with van der Waals surface area (Å²) in [6.45, 7) is 6.31. The minimum absolute atomic E-state index is 0.185. The van der Waals surface area contributed by atoms with Gasteiger partial charge in [0.15, 0.2) is 5.79 Å². The first kappa shape index (κ1) is 22.0. The van der Waals surface area contributed by atoms with Crippen molar-refractivity contribution < 1.29 is 23.7 Å². The molecule has 1 aliphatic rings. The number of carbonyl (C=O) groups is 1. The molecule has 0 radical (unpaired) electrons. The third kappa shape index (κ3) is 4.82. The molecular formula is C26H27NO5. The van der Waals surface area contributed by atoms with Gasteiger partial charge in [0.2, 0.25) is 0 Å². The highest BCUT2D eigenvalue weighted by molar-refractivity contribution is 5.92. The maximum Gasteiger partial charge on any atom is 0.341 e. The molecule has 1 saturated heterocycles. The summed E-state index contributed by atoms with van der Waals surface area (Å²) in [7, 11) is 1.37. The molecule has 0 spiro atoms. The zero-order valence-corrected chi connectivity index (χ0v) is 18.8. The summed E-state index contributed by atoms with van der Waals surface area (Å²) in [4.78, 5) is 16.9. The molecule has 0 aliphatic carbocycles. The molecule has 1 aliphatic heterocycles. The zero-order chi connectivity index (χ0) is 22.7. The molecular weight excluding hydrogens is 406 g/mol. The molecule has 166 valence electrons. The van der Waals surface area contributed by atoms with Gasteiger partial charge >= 0.3 is 5.97 Å². The monoisotopic (exact) mass is 433 g/mol. The number of carbonyl (C=O) groups excluding carboxylic acids is 1. The van der Waals surface area contributed by atoms with Gasteiger partial charge in [0, 0.05) is 5.56 Å². The Balaban J connectivity index is 1.54. The molecule has 4 rings (SSSR count). The van der Waals surface area contributed by atoms with Gasteiger partial charge in [-0.1, -0.05) is 19.1 Å². The van der Waals surface area contributed by atoms with E-state index in [-0.39, 0.29) is 6.10 Å². The van der Waals surface area contributed by atoms with E-state index in [4.69, 9.17) is 23.9 Å². The van der Waals surface area contributed by atoms with Crippen molar-refractivity contribution in [1.29, 1.82) is 0 Å². The van der Waals surface area contributed by atoms with Crippen molar-refractivity contribution in [2.75, 3.05) is 13.7 Å². The number of esters is 1. The van der Waals surface area contributed by atoms with Gasteiger partial charge in [0.05, 0.1) is 25.1 Å². The van der Waals surface area contributed by atoms with E-state index in [1.165, 1.54) is 7.11 Å². The van der Waals surface area contributed by atoms with E-state index in [0.29, 0.717) is 23.7 Å². The third-order valence-electron chi connectivity index (χ3n) is 5.34. The van der Waals surface area contributed by atoms with Crippen LogP contribution in [0, 0.1) is 0 Å². The fourth-order valence-electron chi connectivity index (χ4n) is 3.60. The molecule has 1 atom stereocenters. The number of hydrogen-bond acceptors (Lipinski definition) is 6. The Morgan fingerprint density at radius 2 is 1.91 bits per heavy atom. The van der Waals surface area contributed by atoms with Crippen molar-refractivity contribution >= 4 is 5.97 Å². The normalized spacial score (nSPS) is 17.2. The van der Waals surface area contributed by atoms with Crippen LogP contribution in [0.25, 0.3) is 11.3 Å². The molecule has 1 aromatic heterocycles. The number of aromatic nitrogens is 1. The number of rotatable bonds is 6. The number of ether oxygens (including phenoxy) is 4. The van der Waals surface area contributed by atoms with Crippen LogP contribution in [0.2, 0.25) is 0 Å². The van der Waals surface area contributed by atoms with Crippen molar-refractivity contribution in [2.45, 2.75) is 39.1 Å². The summed E-state index contributed by atoms with van der Waals surface area (Å²) < 4.78 is 22.5. The zero-order valence-electron chi connectivity index (χ0n) is 18.8. The number of methoxy groups -OCH3 is 1. The smallest absolute Gasteiger partial charge is 0.341 e. The second kappa shape index (κ2) is 9.10. The minimum atomic E-state index is -0.597. The average Bonchev–Trinajstić information content (AvgIpc) is 3.19. The van der Waals surface area contributed by atoms with Crippen LogP contribution >= 0.6 is 0 Å². The van der Waals surface area contributed by atoms with Gasteiger partial charge < -0.3 is 18.9 Å². The molecule has 0 N–H and O–H groups in total. The highest BCUT2D eigenvalue weighted by Gasteiger charge is 2.34. The summed E-state index contributed by atoms with van der Waals surface area (Å²) in [6.07, 6.45) is 0.635. The first-order valence-electron chi connectivity index (χ1n) is 10.7. The van der Waals surface area contributed by atoms with E-state index in [0.717, 1.165) is 28.9 Å². The number of aryl methyl sites for hydroxylation is 1. The summed E-state index contributed by atoms with van der Waals surface area (Å²) in [6, 6.07) is 19.0. The van der Waals surface area contributed by atoms with E-state index in [2.05, 4.69) is 0 Å². The molecule has 1 fully saturated rings. The van der Waals surface area contributed by atoms with Crippen molar-refractivity contribution in [1.82, 2.24) is 4.98 Å². The van der Waals surface area contributed by atoms with E-state index in [9.17, 15) is 4.79 Å². The standard InChI is InChI=1S/C26H27NO5/c1-5-17-9-14-23(20(15-17)25(28)29-4)31-19-12-10-18(11-13-19)21-7-6-8-22(27-21)24-16-30-26(2,3)32-24/h6-15,24H,5,16H2,1-4H3/t24-/m1/s1. The molecule has 6 heteroatoms. The summed E-state index contributed by atoms with van der Waals surface area (Å²) in [5.74, 6) is 0.0606. The van der Waals surface area contributed by atoms with Crippen LogP contribution in [-0.4, -0.2) is 30.5 Å². The Bertz CT molecular complexity index is 1110. The van der Waals surface area contributed by atoms with Crippen LogP contribution in [0.4, 0.5) is 0 Å². The second-order valence-electron chi connectivity index (χ2n) is 8.07. The molecule has 6 nitrogen and oxygen atoms in total. The van der Waals surface area contributed by atoms with Crippen LogP contribution in [0.3, 0.4) is 0 Å². The van der Waals surface area contributed by atoms with Crippen LogP contribution < -0.4 is 4.74 Å². The Kier molecular flexibility index (Phi) is 6.26. The molecule has 0 amide bonds.